The fraction of sp³-hybridized carbons (Fsp3) is 1.00. The lowest BCUT2D eigenvalue weighted by Gasteiger charge is -2.40. The molecule has 0 radical (unpaired) electrons. The number of hydrogen-bond donors (Lipinski definition) is 0. The Morgan fingerprint density at radius 3 is 2.27 bits per heavy atom. The molecule has 0 aliphatic heterocycles. The lowest BCUT2D eigenvalue weighted by molar-refractivity contribution is 0.146. The van der Waals surface area contributed by atoms with E-state index in [1.807, 2.05) is 23.5 Å². The second kappa shape index (κ2) is 5.47. The molecule has 0 aromatic heterocycles. The van der Waals surface area contributed by atoms with Gasteiger partial charge < -0.3 is 4.43 Å². The van der Waals surface area contributed by atoms with Crippen LogP contribution in [0.1, 0.15) is 25.7 Å². The summed E-state index contributed by atoms with van der Waals surface area (Å²) in [5.41, 5.74) is 0. The summed E-state index contributed by atoms with van der Waals surface area (Å²) < 4.78 is 6.68. The Bertz CT molecular complexity index is 199. The van der Waals surface area contributed by atoms with Gasteiger partial charge in [-0.2, -0.15) is 0 Å². The van der Waals surface area contributed by atoms with E-state index in [0.29, 0.717) is 10.2 Å². The molecule has 1 aliphatic rings. The van der Waals surface area contributed by atoms with Crippen LogP contribution in [0.5, 0.6) is 0 Å². The second-order valence-electron chi connectivity index (χ2n) is 5.27. The van der Waals surface area contributed by atoms with Gasteiger partial charge in [0.15, 0.2) is 8.32 Å². The van der Waals surface area contributed by atoms with E-state index in [9.17, 15) is 0 Å². The second-order valence-corrected chi connectivity index (χ2v) is 12.4. The van der Waals surface area contributed by atoms with Gasteiger partial charge in [0.1, 0.15) is 0 Å². The molecule has 0 heterocycles. The minimum atomic E-state index is -1.35. The van der Waals surface area contributed by atoms with Crippen molar-refractivity contribution in [2.75, 3.05) is 12.5 Å². The highest BCUT2D eigenvalue weighted by atomic mass is 32.2. The average molecular weight is 265 g/mol. The van der Waals surface area contributed by atoms with Gasteiger partial charge in [-0.25, -0.2) is 0 Å². The van der Waals surface area contributed by atoms with Gasteiger partial charge in [-0.05, 0) is 57.8 Å². The molecule has 4 heteroatoms. The van der Waals surface area contributed by atoms with E-state index in [-0.39, 0.29) is 0 Å². The fourth-order valence-corrected chi connectivity index (χ4v) is 5.47. The van der Waals surface area contributed by atoms with Gasteiger partial charge in [-0.1, -0.05) is 0 Å². The molecular weight excluding hydrogens is 240 g/mol. The zero-order valence-corrected chi connectivity index (χ0v) is 13.3. The standard InChI is InChI=1S/C11H24OS2Si/c1-13-11(14-2)8-6-7-10(9-11)12-15(3,4)5/h10H,6-9H2,1-5H3. The van der Waals surface area contributed by atoms with Gasteiger partial charge in [0.25, 0.3) is 0 Å². The summed E-state index contributed by atoms with van der Waals surface area (Å²) in [6.07, 6.45) is 10.2. The van der Waals surface area contributed by atoms with Crippen LogP contribution in [0, 0.1) is 0 Å². The van der Waals surface area contributed by atoms with Crippen LogP contribution in [-0.2, 0) is 4.43 Å². The van der Waals surface area contributed by atoms with E-state index in [2.05, 4.69) is 32.2 Å². The van der Waals surface area contributed by atoms with E-state index in [1.165, 1.54) is 25.7 Å². The van der Waals surface area contributed by atoms with Crippen LogP contribution in [0.3, 0.4) is 0 Å². The number of hydrogen-bond acceptors (Lipinski definition) is 3. The lowest BCUT2D eigenvalue weighted by Crippen LogP contribution is -2.39. The first-order valence-corrected chi connectivity index (χ1v) is 11.5. The van der Waals surface area contributed by atoms with Crippen LogP contribution < -0.4 is 0 Å². The van der Waals surface area contributed by atoms with Crippen LogP contribution in [0.25, 0.3) is 0 Å². The Balaban J connectivity index is 2.55. The van der Waals surface area contributed by atoms with E-state index in [1.54, 1.807) is 0 Å². The molecule has 1 aliphatic carbocycles. The maximum Gasteiger partial charge on any atom is 0.184 e. The lowest BCUT2D eigenvalue weighted by atomic mass is 9.97. The quantitative estimate of drug-likeness (QED) is 0.556. The maximum atomic E-state index is 6.25. The molecule has 0 N–H and O–H groups in total. The largest absolute Gasteiger partial charge is 0.415 e. The van der Waals surface area contributed by atoms with E-state index in [4.69, 9.17) is 4.43 Å². The predicted octanol–water partition coefficient (Wildman–Crippen LogP) is 4.20. The van der Waals surface area contributed by atoms with Crippen molar-refractivity contribution in [3.63, 3.8) is 0 Å². The highest BCUT2D eigenvalue weighted by molar-refractivity contribution is 8.17. The van der Waals surface area contributed by atoms with Crippen molar-refractivity contribution >= 4 is 31.8 Å². The minimum Gasteiger partial charge on any atom is -0.415 e. The van der Waals surface area contributed by atoms with Crippen molar-refractivity contribution in [1.29, 1.82) is 0 Å². The van der Waals surface area contributed by atoms with Crippen molar-refractivity contribution in [3.05, 3.63) is 0 Å². The van der Waals surface area contributed by atoms with Crippen LogP contribution in [0.15, 0.2) is 0 Å². The smallest absolute Gasteiger partial charge is 0.184 e. The molecule has 1 saturated carbocycles. The van der Waals surface area contributed by atoms with Crippen molar-refractivity contribution in [2.45, 2.75) is 55.5 Å². The topological polar surface area (TPSA) is 9.23 Å². The molecule has 1 nitrogen and oxygen atoms in total. The molecule has 0 saturated heterocycles. The Morgan fingerprint density at radius 2 is 1.80 bits per heavy atom. The van der Waals surface area contributed by atoms with Gasteiger partial charge in [0, 0.05) is 6.10 Å². The van der Waals surface area contributed by atoms with Gasteiger partial charge in [-0.15, -0.1) is 23.5 Å². The van der Waals surface area contributed by atoms with Gasteiger partial charge in [-0.3, -0.25) is 0 Å². The molecule has 0 aromatic rings. The third kappa shape index (κ3) is 4.33. The number of rotatable bonds is 4. The zero-order valence-electron chi connectivity index (χ0n) is 10.6. The molecule has 0 aromatic carbocycles. The highest BCUT2D eigenvalue weighted by Gasteiger charge is 2.36. The SMILES string of the molecule is CSC1(SC)CCCC(O[Si](C)(C)C)C1. The summed E-state index contributed by atoms with van der Waals surface area (Å²) in [6.45, 7) is 6.88. The Morgan fingerprint density at radius 1 is 1.20 bits per heavy atom. The fourth-order valence-electron chi connectivity index (χ4n) is 2.20. The minimum absolute atomic E-state index is 0.433. The molecule has 15 heavy (non-hydrogen) atoms. The molecule has 1 rings (SSSR count). The van der Waals surface area contributed by atoms with Crippen molar-refractivity contribution < 1.29 is 4.43 Å². The first-order chi connectivity index (χ1) is 6.91. The summed E-state index contributed by atoms with van der Waals surface area (Å²) >= 11 is 4.04. The molecule has 90 valence electrons. The molecule has 0 bridgehead atoms. The van der Waals surface area contributed by atoms with Gasteiger partial charge in [0.2, 0.25) is 0 Å². The number of thioether (sulfide) groups is 2. The molecular formula is C11H24OS2Si. The van der Waals surface area contributed by atoms with Crippen LogP contribution >= 0.6 is 23.5 Å². The van der Waals surface area contributed by atoms with Gasteiger partial charge in [0.05, 0.1) is 4.08 Å². The monoisotopic (exact) mass is 264 g/mol. The molecule has 1 atom stereocenters. The summed E-state index contributed by atoms with van der Waals surface area (Å²) in [4.78, 5) is 0. The van der Waals surface area contributed by atoms with Crippen molar-refractivity contribution in [3.8, 4) is 0 Å². The zero-order chi connectivity index (χ0) is 11.5. The summed E-state index contributed by atoms with van der Waals surface area (Å²) in [5.74, 6) is 0. The van der Waals surface area contributed by atoms with Crippen molar-refractivity contribution in [1.82, 2.24) is 0 Å². The Hall–Kier alpha value is 0.877. The predicted molar refractivity (Wildman–Crippen MR) is 76.4 cm³/mol. The van der Waals surface area contributed by atoms with Gasteiger partial charge >= 0.3 is 0 Å². The Kier molecular flexibility index (Phi) is 5.09. The molecule has 0 spiro atoms. The van der Waals surface area contributed by atoms with E-state index < -0.39 is 8.32 Å². The Labute approximate surface area is 104 Å². The molecule has 1 unspecified atom stereocenters. The highest BCUT2D eigenvalue weighted by Crippen LogP contribution is 2.47. The first kappa shape index (κ1) is 13.9. The van der Waals surface area contributed by atoms with E-state index in [0.717, 1.165) is 0 Å². The summed E-state index contributed by atoms with van der Waals surface area (Å²) in [6, 6.07) is 0. The summed E-state index contributed by atoms with van der Waals surface area (Å²) in [7, 11) is -1.35. The summed E-state index contributed by atoms with van der Waals surface area (Å²) in [5, 5.41) is 0. The van der Waals surface area contributed by atoms with Crippen LogP contribution in [0.2, 0.25) is 19.6 Å². The van der Waals surface area contributed by atoms with E-state index >= 15 is 0 Å². The molecule has 0 amide bonds. The van der Waals surface area contributed by atoms with Crippen LogP contribution in [-0.4, -0.2) is 31.0 Å². The normalized spacial score (nSPS) is 26.6. The third-order valence-electron chi connectivity index (χ3n) is 2.89. The van der Waals surface area contributed by atoms with Crippen molar-refractivity contribution in [2.24, 2.45) is 0 Å². The molecule has 1 fully saturated rings. The van der Waals surface area contributed by atoms with Crippen LogP contribution in [0.4, 0.5) is 0 Å². The maximum absolute atomic E-state index is 6.25. The first-order valence-electron chi connectivity index (χ1n) is 5.69. The third-order valence-corrected chi connectivity index (χ3v) is 7.16. The average Bonchev–Trinajstić information content (AvgIpc) is 2.15.